The quantitative estimate of drug-likeness (QED) is 0.382. The van der Waals surface area contributed by atoms with Crippen molar-refractivity contribution in [1.82, 2.24) is 0 Å². The molecule has 1 atom stereocenters. The molecule has 0 radical (unpaired) electrons. The van der Waals surface area contributed by atoms with Crippen molar-refractivity contribution in [3.05, 3.63) is 105 Å². The number of hydrogen-bond donors (Lipinski definition) is 0. The average Bonchev–Trinajstić information content (AvgIpc) is 2.69. The van der Waals surface area contributed by atoms with Crippen molar-refractivity contribution in [1.29, 1.82) is 0 Å². The number of hydrogen-bond acceptors (Lipinski definition) is 3. The molecule has 0 N–H and O–H groups in total. The molecule has 0 aromatic heterocycles. The number of nitrogens with zero attached hydrogens (tertiary/aromatic N) is 1. The van der Waals surface area contributed by atoms with Gasteiger partial charge in [0.1, 0.15) is 5.75 Å². The molecule has 0 heterocycles. The van der Waals surface area contributed by atoms with Gasteiger partial charge in [-0.25, -0.2) is 0 Å². The number of nitro groups is 1. The third kappa shape index (κ3) is 5.08. The molecule has 0 spiro atoms. The highest BCUT2D eigenvalue weighted by Gasteiger charge is 2.15. The van der Waals surface area contributed by atoms with Crippen molar-refractivity contribution in [2.75, 3.05) is 7.11 Å². The molecule has 27 heavy (non-hydrogen) atoms. The summed E-state index contributed by atoms with van der Waals surface area (Å²) >= 11 is 6.00. The molecule has 0 aliphatic rings. The first-order chi connectivity index (χ1) is 13.0. The van der Waals surface area contributed by atoms with Crippen LogP contribution < -0.4 is 4.74 Å². The van der Waals surface area contributed by atoms with Crippen molar-refractivity contribution in [2.24, 2.45) is 0 Å². The standard InChI is InChI=1S/C22H20ClNO3/c1-27-22-12-6-18(7-13-22)19(14-16-2-8-20(23)9-3-16)15-17-4-10-21(11-5-17)24(25)26/h2-13,19H,14-15H2,1H3. The first-order valence-corrected chi connectivity index (χ1v) is 9.04. The van der Waals surface area contributed by atoms with E-state index in [1.807, 2.05) is 48.5 Å². The van der Waals surface area contributed by atoms with Crippen LogP contribution in [0.5, 0.6) is 5.75 Å². The van der Waals surface area contributed by atoms with Gasteiger partial charge in [-0.3, -0.25) is 10.1 Å². The molecule has 0 aliphatic carbocycles. The Hall–Kier alpha value is -2.85. The van der Waals surface area contributed by atoms with Gasteiger partial charge >= 0.3 is 0 Å². The molecule has 0 bridgehead atoms. The topological polar surface area (TPSA) is 52.4 Å². The van der Waals surface area contributed by atoms with Gasteiger partial charge in [0.05, 0.1) is 12.0 Å². The number of methoxy groups -OCH3 is 1. The number of ether oxygens (including phenoxy) is 1. The van der Waals surface area contributed by atoms with Crippen LogP contribution in [0.2, 0.25) is 5.02 Å². The fourth-order valence-electron chi connectivity index (χ4n) is 3.13. The Bertz CT molecular complexity index is 890. The summed E-state index contributed by atoms with van der Waals surface area (Å²) in [6.45, 7) is 0. The molecule has 0 saturated carbocycles. The molecule has 3 rings (SSSR count). The second-order valence-electron chi connectivity index (χ2n) is 6.43. The van der Waals surface area contributed by atoms with Gasteiger partial charge in [0.2, 0.25) is 0 Å². The van der Waals surface area contributed by atoms with E-state index < -0.39 is 0 Å². The summed E-state index contributed by atoms with van der Waals surface area (Å²) in [5, 5.41) is 11.6. The van der Waals surface area contributed by atoms with Gasteiger partial charge in [-0.1, -0.05) is 48.0 Å². The van der Waals surface area contributed by atoms with E-state index in [4.69, 9.17) is 16.3 Å². The Morgan fingerprint density at radius 2 is 1.41 bits per heavy atom. The van der Waals surface area contributed by atoms with E-state index in [1.54, 1.807) is 19.2 Å². The smallest absolute Gasteiger partial charge is 0.269 e. The van der Waals surface area contributed by atoms with Crippen molar-refractivity contribution >= 4 is 17.3 Å². The minimum Gasteiger partial charge on any atom is -0.497 e. The van der Waals surface area contributed by atoms with Crippen LogP contribution in [-0.4, -0.2) is 12.0 Å². The highest BCUT2D eigenvalue weighted by Crippen LogP contribution is 2.28. The normalized spacial score (nSPS) is 11.8. The maximum absolute atomic E-state index is 10.9. The lowest BCUT2D eigenvalue weighted by Gasteiger charge is -2.18. The van der Waals surface area contributed by atoms with Gasteiger partial charge in [0, 0.05) is 17.2 Å². The summed E-state index contributed by atoms with van der Waals surface area (Å²) in [5.74, 6) is 1.05. The fourth-order valence-corrected chi connectivity index (χ4v) is 3.25. The molecule has 138 valence electrons. The molecule has 4 nitrogen and oxygen atoms in total. The fraction of sp³-hybridized carbons (Fsp3) is 0.182. The highest BCUT2D eigenvalue weighted by atomic mass is 35.5. The Kier molecular flexibility index (Phi) is 6.09. The maximum Gasteiger partial charge on any atom is 0.269 e. The van der Waals surface area contributed by atoms with E-state index in [0.717, 1.165) is 29.2 Å². The van der Waals surface area contributed by atoms with Gasteiger partial charge in [-0.15, -0.1) is 0 Å². The van der Waals surface area contributed by atoms with Crippen LogP contribution in [0.1, 0.15) is 22.6 Å². The van der Waals surface area contributed by atoms with Gasteiger partial charge < -0.3 is 4.74 Å². The van der Waals surface area contributed by atoms with Gasteiger partial charge in [0.15, 0.2) is 0 Å². The second kappa shape index (κ2) is 8.69. The van der Waals surface area contributed by atoms with E-state index in [-0.39, 0.29) is 16.5 Å². The zero-order valence-electron chi connectivity index (χ0n) is 15.0. The Balaban J connectivity index is 1.85. The number of halogens is 1. The SMILES string of the molecule is COc1ccc(C(Cc2ccc(Cl)cc2)Cc2ccc([N+](=O)[O-])cc2)cc1. The summed E-state index contributed by atoms with van der Waals surface area (Å²) < 4.78 is 5.26. The summed E-state index contributed by atoms with van der Waals surface area (Å²) in [4.78, 5) is 10.5. The van der Waals surface area contributed by atoms with Crippen molar-refractivity contribution in [3.63, 3.8) is 0 Å². The lowest BCUT2D eigenvalue weighted by atomic mass is 9.86. The van der Waals surface area contributed by atoms with E-state index in [9.17, 15) is 10.1 Å². The summed E-state index contributed by atoms with van der Waals surface area (Å²) in [6.07, 6.45) is 1.63. The third-order valence-corrected chi connectivity index (χ3v) is 4.86. The molecule has 5 heteroatoms. The predicted octanol–water partition coefficient (Wildman–Crippen LogP) is 5.83. The third-order valence-electron chi connectivity index (χ3n) is 4.61. The van der Waals surface area contributed by atoms with Crippen molar-refractivity contribution < 1.29 is 9.66 Å². The highest BCUT2D eigenvalue weighted by molar-refractivity contribution is 6.30. The van der Waals surface area contributed by atoms with E-state index in [2.05, 4.69) is 12.1 Å². The van der Waals surface area contributed by atoms with Gasteiger partial charge in [0.25, 0.3) is 5.69 Å². The molecule has 0 aliphatic heterocycles. The molecule has 3 aromatic carbocycles. The molecular formula is C22H20ClNO3. The zero-order chi connectivity index (χ0) is 19.2. The van der Waals surface area contributed by atoms with Crippen LogP contribution in [0.25, 0.3) is 0 Å². The lowest BCUT2D eigenvalue weighted by molar-refractivity contribution is -0.384. The maximum atomic E-state index is 10.9. The summed E-state index contributed by atoms with van der Waals surface area (Å²) in [5.41, 5.74) is 3.57. The van der Waals surface area contributed by atoms with Crippen molar-refractivity contribution in [3.8, 4) is 5.75 Å². The Morgan fingerprint density at radius 3 is 1.89 bits per heavy atom. The van der Waals surface area contributed by atoms with E-state index in [0.29, 0.717) is 0 Å². The van der Waals surface area contributed by atoms with E-state index >= 15 is 0 Å². The van der Waals surface area contributed by atoms with Crippen LogP contribution in [-0.2, 0) is 12.8 Å². The Labute approximate surface area is 163 Å². The monoisotopic (exact) mass is 381 g/mol. The number of nitro benzene ring substituents is 1. The predicted molar refractivity (Wildman–Crippen MR) is 108 cm³/mol. The number of non-ortho nitro benzene ring substituents is 1. The molecular weight excluding hydrogens is 362 g/mol. The zero-order valence-corrected chi connectivity index (χ0v) is 15.7. The van der Waals surface area contributed by atoms with E-state index in [1.165, 1.54) is 11.1 Å². The largest absolute Gasteiger partial charge is 0.497 e. The lowest BCUT2D eigenvalue weighted by Crippen LogP contribution is -2.07. The average molecular weight is 382 g/mol. The molecule has 3 aromatic rings. The number of rotatable bonds is 7. The molecule has 0 amide bonds. The minimum absolute atomic E-state index is 0.109. The van der Waals surface area contributed by atoms with Gasteiger partial charge in [-0.2, -0.15) is 0 Å². The summed E-state index contributed by atoms with van der Waals surface area (Å²) in [6, 6.07) is 22.7. The van der Waals surface area contributed by atoms with Crippen LogP contribution >= 0.6 is 11.6 Å². The molecule has 1 unspecified atom stereocenters. The van der Waals surface area contributed by atoms with Crippen LogP contribution in [0.15, 0.2) is 72.8 Å². The van der Waals surface area contributed by atoms with Crippen LogP contribution in [0, 0.1) is 10.1 Å². The first-order valence-electron chi connectivity index (χ1n) is 8.67. The van der Waals surface area contributed by atoms with Crippen LogP contribution in [0.3, 0.4) is 0 Å². The second-order valence-corrected chi connectivity index (χ2v) is 6.86. The van der Waals surface area contributed by atoms with Crippen molar-refractivity contribution in [2.45, 2.75) is 18.8 Å². The minimum atomic E-state index is -0.377. The number of benzene rings is 3. The van der Waals surface area contributed by atoms with Gasteiger partial charge in [-0.05, 0) is 59.7 Å². The molecule has 0 fully saturated rings. The van der Waals surface area contributed by atoms with Crippen LogP contribution in [0.4, 0.5) is 5.69 Å². The Morgan fingerprint density at radius 1 is 0.889 bits per heavy atom. The first kappa shape index (κ1) is 18.9. The summed E-state index contributed by atoms with van der Waals surface area (Å²) in [7, 11) is 1.65. The molecule has 0 saturated heterocycles.